The number of esters is 2. The van der Waals surface area contributed by atoms with Gasteiger partial charge in [0.2, 0.25) is 0 Å². The zero-order valence-corrected chi connectivity index (χ0v) is 20.0. The summed E-state index contributed by atoms with van der Waals surface area (Å²) in [5.41, 5.74) is 5.62. The van der Waals surface area contributed by atoms with Crippen LogP contribution in [0.15, 0.2) is 51.1 Å². The number of hydrogen-bond donors (Lipinski definition) is 1. The number of rotatable bonds is 6. The quantitative estimate of drug-likeness (QED) is 0.594. The summed E-state index contributed by atoms with van der Waals surface area (Å²) in [4.78, 5) is 33.7. The van der Waals surface area contributed by atoms with Gasteiger partial charge >= 0.3 is 11.9 Å². The van der Waals surface area contributed by atoms with E-state index in [2.05, 4.69) is 32.0 Å². The van der Waals surface area contributed by atoms with Crippen LogP contribution in [0.25, 0.3) is 0 Å². The molecule has 7 heteroatoms. The summed E-state index contributed by atoms with van der Waals surface area (Å²) in [6.07, 6.45) is 0.608. The first-order valence-corrected chi connectivity index (χ1v) is 10.9. The highest BCUT2D eigenvalue weighted by atomic mass is 79.9. The highest BCUT2D eigenvalue weighted by molar-refractivity contribution is 9.10. The van der Waals surface area contributed by atoms with Crippen LogP contribution < -0.4 is 0 Å². The molecule has 2 atom stereocenters. The van der Waals surface area contributed by atoms with Crippen molar-refractivity contribution in [1.29, 1.82) is 0 Å². The van der Waals surface area contributed by atoms with Crippen molar-refractivity contribution >= 4 is 33.6 Å². The lowest BCUT2D eigenvalue weighted by Crippen LogP contribution is -2.36. The van der Waals surface area contributed by atoms with Crippen molar-refractivity contribution in [3.63, 3.8) is 0 Å². The summed E-state index contributed by atoms with van der Waals surface area (Å²) < 4.78 is 11.5. The second-order valence-corrected chi connectivity index (χ2v) is 8.60. The molecule has 2 unspecified atom stereocenters. The number of aryl methyl sites for hydroxylation is 2. The van der Waals surface area contributed by atoms with Gasteiger partial charge in [0.05, 0.1) is 19.3 Å². The smallest absolute Gasteiger partial charge is 0.336 e. The second-order valence-electron chi connectivity index (χ2n) is 7.74. The second kappa shape index (κ2) is 9.64. The number of carbonyl (C=O) groups excluding carboxylic acids is 2. The molecule has 0 spiro atoms. The van der Waals surface area contributed by atoms with Gasteiger partial charge in [-0.05, 0) is 51.0 Å². The van der Waals surface area contributed by atoms with E-state index >= 15 is 0 Å². The molecule has 1 aliphatic heterocycles. The molecule has 1 N–H and O–H groups in total. The first-order chi connectivity index (χ1) is 14.7. The van der Waals surface area contributed by atoms with E-state index in [9.17, 15) is 9.59 Å². The molecule has 0 amide bonds. The van der Waals surface area contributed by atoms with E-state index in [-0.39, 0.29) is 6.61 Å². The van der Waals surface area contributed by atoms with E-state index in [0.29, 0.717) is 23.4 Å². The topological polar surface area (TPSA) is 80.8 Å². The monoisotopic (exact) mass is 486 g/mol. The summed E-state index contributed by atoms with van der Waals surface area (Å²) in [5.74, 6) is -2.15. The first kappa shape index (κ1) is 23.0. The number of aromatic amines is 1. The Bertz CT molecular complexity index is 1070. The largest absolute Gasteiger partial charge is 0.468 e. The third kappa shape index (κ3) is 4.82. The molecule has 1 aromatic heterocycles. The third-order valence-corrected chi connectivity index (χ3v) is 6.33. The highest BCUT2D eigenvalue weighted by Gasteiger charge is 2.42. The summed E-state index contributed by atoms with van der Waals surface area (Å²) in [6.45, 7) is 7.79. The highest BCUT2D eigenvalue weighted by Crippen LogP contribution is 2.42. The number of ether oxygens (including phenoxy) is 2. The fourth-order valence-electron chi connectivity index (χ4n) is 4.17. The fourth-order valence-corrected chi connectivity index (χ4v) is 4.70. The molecule has 1 aromatic carbocycles. The molecule has 2 aromatic rings. The number of allylic oxidation sites excluding steroid dienone is 1. The first-order valence-electron chi connectivity index (χ1n) is 10.1. The summed E-state index contributed by atoms with van der Waals surface area (Å²) >= 11 is 3.57. The number of halogens is 1. The van der Waals surface area contributed by atoms with Gasteiger partial charge in [-0.2, -0.15) is 0 Å². The molecule has 0 saturated carbocycles. The Morgan fingerprint density at radius 1 is 1.16 bits per heavy atom. The minimum absolute atomic E-state index is 0.238. The van der Waals surface area contributed by atoms with E-state index in [1.54, 1.807) is 13.8 Å². The molecule has 164 valence electrons. The molecule has 0 aliphatic carbocycles. The molecule has 31 heavy (non-hydrogen) atoms. The number of aromatic nitrogens is 1. The molecule has 0 bridgehead atoms. The third-order valence-electron chi connectivity index (χ3n) is 5.61. The van der Waals surface area contributed by atoms with Crippen molar-refractivity contribution in [3.8, 4) is 0 Å². The van der Waals surface area contributed by atoms with Crippen molar-refractivity contribution in [2.75, 3.05) is 13.7 Å². The maximum Gasteiger partial charge on any atom is 0.336 e. The lowest BCUT2D eigenvalue weighted by molar-refractivity contribution is -0.144. The van der Waals surface area contributed by atoms with E-state index < -0.39 is 23.8 Å². The van der Waals surface area contributed by atoms with Gasteiger partial charge in [-0.3, -0.25) is 9.79 Å². The van der Waals surface area contributed by atoms with Gasteiger partial charge in [0.15, 0.2) is 0 Å². The number of aliphatic imine (C=N–C) groups is 1. The molecular formula is C24H27BrN2O4. The fraction of sp³-hybridized carbons (Fsp3) is 0.375. The predicted molar refractivity (Wildman–Crippen MR) is 123 cm³/mol. The lowest BCUT2D eigenvalue weighted by Gasteiger charge is -2.31. The number of H-pyrrole nitrogens is 1. The van der Waals surface area contributed by atoms with E-state index in [1.807, 2.05) is 38.1 Å². The number of nitrogens with zero attached hydrogens (tertiary/aromatic N) is 1. The van der Waals surface area contributed by atoms with Crippen LogP contribution in [0, 0.1) is 19.8 Å². The van der Waals surface area contributed by atoms with Gasteiger partial charge in [0.1, 0.15) is 5.92 Å². The van der Waals surface area contributed by atoms with E-state index in [4.69, 9.17) is 9.47 Å². The van der Waals surface area contributed by atoms with Gasteiger partial charge in [0.25, 0.3) is 0 Å². The molecule has 0 radical (unpaired) electrons. The van der Waals surface area contributed by atoms with Crippen LogP contribution in [0.5, 0.6) is 0 Å². The van der Waals surface area contributed by atoms with Crippen LogP contribution in [0.2, 0.25) is 0 Å². The van der Waals surface area contributed by atoms with E-state index in [1.165, 1.54) is 7.11 Å². The molecule has 3 rings (SSSR count). The SMILES string of the molecule is COC(=O)C1C(C)=NC(C)=C(C(=O)OCCc2cc(C)[nH]c2C)C1c1ccccc1Br. The van der Waals surface area contributed by atoms with Gasteiger partial charge in [0, 0.05) is 39.6 Å². The minimum Gasteiger partial charge on any atom is -0.468 e. The van der Waals surface area contributed by atoms with Crippen LogP contribution in [-0.4, -0.2) is 36.4 Å². The molecule has 0 saturated heterocycles. The van der Waals surface area contributed by atoms with Gasteiger partial charge in [-0.1, -0.05) is 34.1 Å². The Morgan fingerprint density at radius 3 is 2.48 bits per heavy atom. The molecule has 1 aliphatic rings. The number of nitrogens with one attached hydrogen (secondary N) is 1. The Labute approximate surface area is 190 Å². The average Bonchev–Trinajstić information content (AvgIpc) is 3.04. The van der Waals surface area contributed by atoms with Gasteiger partial charge in [-0.25, -0.2) is 4.79 Å². The summed E-state index contributed by atoms with van der Waals surface area (Å²) in [6, 6.07) is 9.61. The van der Waals surface area contributed by atoms with Crippen LogP contribution in [0.3, 0.4) is 0 Å². The number of benzene rings is 1. The Kier molecular flexibility index (Phi) is 7.15. The zero-order valence-electron chi connectivity index (χ0n) is 18.4. The molecule has 0 fully saturated rings. The van der Waals surface area contributed by atoms with Crippen LogP contribution in [0.4, 0.5) is 0 Å². The van der Waals surface area contributed by atoms with Crippen LogP contribution >= 0.6 is 15.9 Å². The Balaban J connectivity index is 1.93. The zero-order chi connectivity index (χ0) is 22.7. The minimum atomic E-state index is -0.704. The van der Waals surface area contributed by atoms with E-state index in [0.717, 1.165) is 27.0 Å². The number of carbonyl (C=O) groups is 2. The standard InChI is InChI=1S/C24H27BrN2O4/c1-13-12-17(14(2)26-13)10-11-31-24(29)21-16(4)27-15(3)20(23(28)30-5)22(21)18-8-6-7-9-19(18)25/h6-9,12,20,22,26H,10-11H2,1-5H3. The summed E-state index contributed by atoms with van der Waals surface area (Å²) in [5, 5.41) is 0. The average molecular weight is 487 g/mol. The van der Waals surface area contributed by atoms with Crippen molar-refractivity contribution in [1.82, 2.24) is 4.98 Å². The Hall–Kier alpha value is -2.67. The van der Waals surface area contributed by atoms with Crippen molar-refractivity contribution < 1.29 is 19.1 Å². The van der Waals surface area contributed by atoms with Gasteiger partial charge in [-0.15, -0.1) is 0 Å². The van der Waals surface area contributed by atoms with Gasteiger partial charge < -0.3 is 14.5 Å². The molecular weight excluding hydrogens is 460 g/mol. The van der Waals surface area contributed by atoms with Crippen LogP contribution in [-0.2, 0) is 25.5 Å². The van der Waals surface area contributed by atoms with Crippen molar-refractivity contribution in [2.24, 2.45) is 10.9 Å². The van der Waals surface area contributed by atoms with Crippen LogP contribution in [0.1, 0.15) is 42.3 Å². The Morgan fingerprint density at radius 2 is 1.87 bits per heavy atom. The maximum atomic E-state index is 13.2. The van der Waals surface area contributed by atoms with Crippen molar-refractivity contribution in [2.45, 2.75) is 40.0 Å². The predicted octanol–water partition coefficient (Wildman–Crippen LogP) is 4.80. The normalized spacial score (nSPS) is 18.6. The maximum absolute atomic E-state index is 13.2. The summed E-state index contributed by atoms with van der Waals surface area (Å²) in [7, 11) is 1.34. The molecule has 6 nitrogen and oxygen atoms in total. The van der Waals surface area contributed by atoms with Crippen molar-refractivity contribution in [3.05, 3.63) is 68.6 Å². The number of hydrogen-bond acceptors (Lipinski definition) is 5. The number of methoxy groups -OCH3 is 1. The lowest BCUT2D eigenvalue weighted by atomic mass is 9.75. The molecule has 2 heterocycles.